The van der Waals surface area contributed by atoms with Crippen LogP contribution in [0.2, 0.25) is 25.7 Å². The molecule has 1 aromatic rings. The highest BCUT2D eigenvalue weighted by Crippen LogP contribution is 2.28. The zero-order valence-electron chi connectivity index (χ0n) is 14.0. The quantitative estimate of drug-likeness (QED) is 0.244. The molecule has 0 saturated heterocycles. The standard InChI is InChI=1S/C16H27BrO4Si/c1-18-15-6-5-14(11-16(15)21-8-7-17)12-20-13-19-9-10-22(2,3)4/h5-6,11H,7-10,12-13H2,1-4H3. The van der Waals surface area contributed by atoms with Gasteiger partial charge in [-0.15, -0.1) is 0 Å². The first-order valence-corrected chi connectivity index (χ1v) is 12.3. The van der Waals surface area contributed by atoms with E-state index in [9.17, 15) is 0 Å². The summed E-state index contributed by atoms with van der Waals surface area (Å²) in [6, 6.07) is 6.98. The molecule has 0 aliphatic rings. The van der Waals surface area contributed by atoms with Gasteiger partial charge in [0.05, 0.1) is 20.3 Å². The largest absolute Gasteiger partial charge is 0.493 e. The highest BCUT2D eigenvalue weighted by molar-refractivity contribution is 9.09. The summed E-state index contributed by atoms with van der Waals surface area (Å²) in [5.74, 6) is 1.47. The molecule has 6 heteroatoms. The van der Waals surface area contributed by atoms with E-state index in [0.29, 0.717) is 20.0 Å². The Morgan fingerprint density at radius 1 is 1.05 bits per heavy atom. The molecule has 0 saturated carbocycles. The van der Waals surface area contributed by atoms with Gasteiger partial charge in [0.2, 0.25) is 0 Å². The van der Waals surface area contributed by atoms with E-state index in [1.165, 1.54) is 0 Å². The molecule has 0 amide bonds. The van der Waals surface area contributed by atoms with Crippen molar-refractivity contribution in [3.05, 3.63) is 23.8 Å². The molecule has 0 aliphatic carbocycles. The molecular formula is C16H27BrO4Si. The molecule has 4 nitrogen and oxygen atoms in total. The van der Waals surface area contributed by atoms with Gasteiger partial charge >= 0.3 is 0 Å². The average molecular weight is 391 g/mol. The van der Waals surface area contributed by atoms with Crippen molar-refractivity contribution in [1.82, 2.24) is 0 Å². The molecule has 0 fully saturated rings. The lowest BCUT2D eigenvalue weighted by Crippen LogP contribution is -2.22. The fourth-order valence-corrected chi connectivity index (χ4v) is 2.65. The lowest BCUT2D eigenvalue weighted by atomic mass is 10.2. The molecule has 126 valence electrons. The summed E-state index contributed by atoms with van der Waals surface area (Å²) in [4.78, 5) is 0. The Kier molecular flexibility index (Phi) is 9.08. The number of ether oxygens (including phenoxy) is 4. The number of rotatable bonds is 11. The first-order valence-electron chi connectivity index (χ1n) is 7.47. The topological polar surface area (TPSA) is 36.9 Å². The fraction of sp³-hybridized carbons (Fsp3) is 0.625. The molecule has 0 heterocycles. The lowest BCUT2D eigenvalue weighted by Gasteiger charge is -2.15. The van der Waals surface area contributed by atoms with Crippen LogP contribution in [0.4, 0.5) is 0 Å². The average Bonchev–Trinajstić information content (AvgIpc) is 2.47. The third kappa shape index (κ3) is 8.17. The van der Waals surface area contributed by atoms with Crippen molar-refractivity contribution in [1.29, 1.82) is 0 Å². The van der Waals surface area contributed by atoms with E-state index in [2.05, 4.69) is 35.6 Å². The molecule has 0 spiro atoms. The smallest absolute Gasteiger partial charge is 0.161 e. The molecule has 0 aromatic heterocycles. The number of hydrogen-bond acceptors (Lipinski definition) is 4. The van der Waals surface area contributed by atoms with Gasteiger partial charge < -0.3 is 18.9 Å². The molecule has 0 radical (unpaired) electrons. The van der Waals surface area contributed by atoms with Crippen LogP contribution in [0.15, 0.2) is 18.2 Å². The molecule has 0 unspecified atom stereocenters. The first-order chi connectivity index (χ1) is 10.5. The maximum absolute atomic E-state index is 5.65. The third-order valence-corrected chi connectivity index (χ3v) is 5.02. The predicted molar refractivity (Wildman–Crippen MR) is 96.0 cm³/mol. The van der Waals surface area contributed by atoms with Gasteiger partial charge in [-0.25, -0.2) is 0 Å². The van der Waals surface area contributed by atoms with Crippen molar-refractivity contribution in [3.63, 3.8) is 0 Å². The number of hydrogen-bond donors (Lipinski definition) is 0. The number of halogens is 1. The number of methoxy groups -OCH3 is 1. The van der Waals surface area contributed by atoms with Crippen molar-refractivity contribution in [2.75, 3.05) is 32.4 Å². The number of alkyl halides is 1. The third-order valence-electron chi connectivity index (χ3n) is 2.99. The SMILES string of the molecule is COc1ccc(COCOCC[Si](C)(C)C)cc1OCCBr. The maximum Gasteiger partial charge on any atom is 0.161 e. The van der Waals surface area contributed by atoms with Gasteiger partial charge in [-0.1, -0.05) is 41.6 Å². The summed E-state index contributed by atoms with van der Waals surface area (Å²) in [7, 11) is 0.611. The normalized spacial score (nSPS) is 11.5. The Morgan fingerprint density at radius 3 is 2.45 bits per heavy atom. The Hall–Kier alpha value is -0.563. The van der Waals surface area contributed by atoms with Crippen LogP contribution in [0.25, 0.3) is 0 Å². The summed E-state index contributed by atoms with van der Waals surface area (Å²) < 4.78 is 22.0. The monoisotopic (exact) mass is 390 g/mol. The fourth-order valence-electron chi connectivity index (χ4n) is 1.73. The van der Waals surface area contributed by atoms with E-state index >= 15 is 0 Å². The van der Waals surface area contributed by atoms with E-state index in [0.717, 1.165) is 35.0 Å². The van der Waals surface area contributed by atoms with Crippen molar-refractivity contribution >= 4 is 24.0 Å². The second kappa shape index (κ2) is 10.3. The lowest BCUT2D eigenvalue weighted by molar-refractivity contribution is -0.0573. The molecule has 0 bridgehead atoms. The summed E-state index contributed by atoms with van der Waals surface area (Å²) in [5, 5.41) is 0.780. The van der Waals surface area contributed by atoms with E-state index in [4.69, 9.17) is 18.9 Å². The van der Waals surface area contributed by atoms with Gasteiger partial charge in [-0.05, 0) is 23.7 Å². The van der Waals surface area contributed by atoms with Crippen LogP contribution in [0.5, 0.6) is 11.5 Å². The van der Waals surface area contributed by atoms with Crippen molar-refractivity contribution < 1.29 is 18.9 Å². The Labute approximate surface area is 143 Å². The van der Waals surface area contributed by atoms with E-state index in [1.54, 1.807) is 7.11 Å². The molecule has 1 rings (SSSR count). The number of benzene rings is 1. The van der Waals surface area contributed by atoms with Crippen LogP contribution in [-0.4, -0.2) is 40.5 Å². The van der Waals surface area contributed by atoms with Crippen molar-refractivity contribution in [2.45, 2.75) is 32.3 Å². The maximum atomic E-state index is 5.65. The van der Waals surface area contributed by atoms with Crippen LogP contribution >= 0.6 is 15.9 Å². The van der Waals surface area contributed by atoms with Crippen LogP contribution in [0.3, 0.4) is 0 Å². The molecule has 1 aromatic carbocycles. The zero-order chi connectivity index (χ0) is 16.4. The summed E-state index contributed by atoms with van der Waals surface area (Å²) in [5.41, 5.74) is 1.04. The first kappa shape index (κ1) is 19.5. The summed E-state index contributed by atoms with van der Waals surface area (Å²) in [6.07, 6.45) is 0. The summed E-state index contributed by atoms with van der Waals surface area (Å²) >= 11 is 3.35. The molecule has 0 N–H and O–H groups in total. The van der Waals surface area contributed by atoms with Crippen LogP contribution < -0.4 is 9.47 Å². The van der Waals surface area contributed by atoms with Gasteiger partial charge in [-0.3, -0.25) is 0 Å². The molecule has 22 heavy (non-hydrogen) atoms. The highest BCUT2D eigenvalue weighted by atomic mass is 79.9. The van der Waals surface area contributed by atoms with Crippen molar-refractivity contribution in [3.8, 4) is 11.5 Å². The summed E-state index contributed by atoms with van der Waals surface area (Å²) in [6.45, 7) is 9.21. The highest BCUT2D eigenvalue weighted by Gasteiger charge is 2.12. The van der Waals surface area contributed by atoms with E-state index < -0.39 is 8.07 Å². The van der Waals surface area contributed by atoms with Gasteiger partial charge in [0.15, 0.2) is 11.5 Å². The van der Waals surface area contributed by atoms with Crippen LogP contribution in [0.1, 0.15) is 5.56 Å². The zero-order valence-corrected chi connectivity index (χ0v) is 16.6. The van der Waals surface area contributed by atoms with Gasteiger partial charge in [0.25, 0.3) is 0 Å². The van der Waals surface area contributed by atoms with Gasteiger partial charge in [-0.2, -0.15) is 0 Å². The second-order valence-corrected chi connectivity index (χ2v) is 12.6. The predicted octanol–water partition coefficient (Wildman–Crippen LogP) is 4.30. The van der Waals surface area contributed by atoms with Crippen molar-refractivity contribution in [2.24, 2.45) is 0 Å². The van der Waals surface area contributed by atoms with Gasteiger partial charge in [0.1, 0.15) is 6.79 Å². The molecule has 0 aliphatic heterocycles. The minimum absolute atomic E-state index is 0.327. The minimum atomic E-state index is -1.03. The Balaban J connectivity index is 2.36. The van der Waals surface area contributed by atoms with Crippen LogP contribution in [0, 0.1) is 0 Å². The Morgan fingerprint density at radius 2 is 1.82 bits per heavy atom. The Bertz CT molecular complexity index is 435. The second-order valence-electron chi connectivity index (χ2n) is 6.21. The van der Waals surface area contributed by atoms with E-state index in [-0.39, 0.29) is 0 Å². The molecule has 0 atom stereocenters. The van der Waals surface area contributed by atoms with Crippen LogP contribution in [-0.2, 0) is 16.1 Å². The molecular weight excluding hydrogens is 364 g/mol. The minimum Gasteiger partial charge on any atom is -0.493 e. The van der Waals surface area contributed by atoms with Gasteiger partial charge in [0, 0.05) is 20.0 Å². The van der Waals surface area contributed by atoms with E-state index in [1.807, 2.05) is 18.2 Å².